The number of likely N-dealkylation sites (tertiary alicyclic amines) is 1. The van der Waals surface area contributed by atoms with Crippen molar-refractivity contribution < 1.29 is 23.8 Å². The third-order valence-electron chi connectivity index (χ3n) is 5.15. The molecule has 4 rings (SSSR count). The van der Waals surface area contributed by atoms with Gasteiger partial charge in [-0.15, -0.1) is 0 Å². The number of Topliss-reactive ketones (excluding diaryl/α,β-unsaturated/α-hetero) is 1. The molecule has 0 radical (unpaired) electrons. The number of pyridine rings is 1. The van der Waals surface area contributed by atoms with E-state index in [9.17, 15) is 14.7 Å². The number of ether oxygens (including phenoxy) is 1. The quantitative estimate of drug-likeness (QED) is 0.332. The maximum Gasteiger partial charge on any atom is 0.296 e. The van der Waals surface area contributed by atoms with Crippen LogP contribution in [0.3, 0.4) is 0 Å². The number of rotatable bonds is 6. The van der Waals surface area contributed by atoms with E-state index in [-0.39, 0.29) is 17.9 Å². The average molecular weight is 453 g/mol. The molecule has 1 aliphatic heterocycles. The van der Waals surface area contributed by atoms with E-state index in [0.717, 1.165) is 5.56 Å². The molecule has 0 saturated carbocycles. The highest BCUT2D eigenvalue weighted by molar-refractivity contribution is 6.46. The maximum atomic E-state index is 13.1. The molecule has 1 saturated heterocycles. The van der Waals surface area contributed by atoms with Crippen LogP contribution in [0.15, 0.2) is 64.8 Å². The summed E-state index contributed by atoms with van der Waals surface area (Å²) in [5.74, 6) is -0.475. The molecule has 1 unspecified atom stereocenters. The molecule has 0 spiro atoms. The summed E-state index contributed by atoms with van der Waals surface area (Å²) < 4.78 is 11.3. The van der Waals surface area contributed by atoms with E-state index in [1.165, 1.54) is 4.90 Å². The van der Waals surface area contributed by atoms with Crippen LogP contribution < -0.4 is 4.74 Å². The molecule has 0 aliphatic carbocycles. The summed E-state index contributed by atoms with van der Waals surface area (Å²) >= 11 is 6.16. The normalized spacial score (nSPS) is 17.7. The van der Waals surface area contributed by atoms with Gasteiger partial charge in [-0.1, -0.05) is 17.7 Å². The van der Waals surface area contributed by atoms with E-state index in [1.807, 2.05) is 13.0 Å². The lowest BCUT2D eigenvalue weighted by Gasteiger charge is -2.23. The minimum Gasteiger partial charge on any atom is -0.507 e. The molecule has 164 valence electrons. The van der Waals surface area contributed by atoms with E-state index in [4.69, 9.17) is 20.8 Å². The van der Waals surface area contributed by atoms with Gasteiger partial charge in [0.05, 0.1) is 17.2 Å². The van der Waals surface area contributed by atoms with Crippen LogP contribution in [0.1, 0.15) is 35.6 Å². The van der Waals surface area contributed by atoms with Crippen molar-refractivity contribution in [2.75, 3.05) is 6.61 Å². The average Bonchev–Trinajstić information content (AvgIpc) is 3.32. The fourth-order valence-electron chi connectivity index (χ4n) is 3.70. The van der Waals surface area contributed by atoms with Crippen molar-refractivity contribution in [3.8, 4) is 5.75 Å². The van der Waals surface area contributed by atoms with Gasteiger partial charge >= 0.3 is 0 Å². The fraction of sp³-hybridized carbons (Fsp3) is 0.208. The first-order valence-electron chi connectivity index (χ1n) is 10.1. The number of carbonyl (C=O) groups is 2. The minimum absolute atomic E-state index is 0.0574. The van der Waals surface area contributed by atoms with Gasteiger partial charge < -0.3 is 19.2 Å². The van der Waals surface area contributed by atoms with Gasteiger partial charge in [-0.2, -0.15) is 0 Å². The largest absolute Gasteiger partial charge is 0.507 e. The van der Waals surface area contributed by atoms with Crippen molar-refractivity contribution in [2.24, 2.45) is 0 Å². The number of hydrogen-bond donors (Lipinski definition) is 1. The summed E-state index contributed by atoms with van der Waals surface area (Å²) in [6.45, 7) is 4.09. The predicted molar refractivity (Wildman–Crippen MR) is 118 cm³/mol. The maximum absolute atomic E-state index is 13.1. The third kappa shape index (κ3) is 3.99. The molecule has 3 heterocycles. The minimum atomic E-state index is -0.893. The summed E-state index contributed by atoms with van der Waals surface area (Å²) in [4.78, 5) is 31.5. The lowest BCUT2D eigenvalue weighted by atomic mass is 9.99. The number of hydrogen-bond acceptors (Lipinski definition) is 6. The Balaban J connectivity index is 1.84. The van der Waals surface area contributed by atoms with Gasteiger partial charge in [-0.05, 0) is 55.8 Å². The zero-order chi connectivity index (χ0) is 22.8. The number of aliphatic hydroxyl groups excluding tert-OH is 1. The van der Waals surface area contributed by atoms with Crippen LogP contribution >= 0.6 is 11.6 Å². The first kappa shape index (κ1) is 21.6. The van der Waals surface area contributed by atoms with Crippen LogP contribution in [-0.2, 0) is 16.1 Å². The molecule has 8 heteroatoms. The molecule has 1 aromatic carbocycles. The topological polar surface area (TPSA) is 92.9 Å². The Morgan fingerprint density at radius 3 is 2.72 bits per heavy atom. The molecule has 0 bridgehead atoms. The number of aryl methyl sites for hydroxylation is 1. The van der Waals surface area contributed by atoms with Crippen molar-refractivity contribution in [1.82, 2.24) is 9.88 Å². The third-order valence-corrected chi connectivity index (χ3v) is 5.46. The standard InChI is InChI=1S/C24H21ClN2O5/c1-3-31-19-11-16(7-8-17(19)25)22(28)20-21(18-9-6-14(2)32-18)27(24(30)23(20)29)13-15-5-4-10-26-12-15/h4-12,21,28H,3,13H2,1-2H3/b22-20-. The number of nitrogens with zero attached hydrogens (tertiary/aromatic N) is 2. The van der Waals surface area contributed by atoms with Crippen molar-refractivity contribution in [3.63, 3.8) is 0 Å². The first-order valence-corrected chi connectivity index (χ1v) is 10.4. The van der Waals surface area contributed by atoms with E-state index < -0.39 is 17.7 Å². The van der Waals surface area contributed by atoms with Crippen LogP contribution in [0, 0.1) is 6.92 Å². The molecular weight excluding hydrogens is 432 g/mol. The first-order chi connectivity index (χ1) is 15.4. The van der Waals surface area contributed by atoms with Crippen LogP contribution in [0.25, 0.3) is 5.76 Å². The Morgan fingerprint density at radius 2 is 2.06 bits per heavy atom. The zero-order valence-corrected chi connectivity index (χ0v) is 18.3. The lowest BCUT2D eigenvalue weighted by Crippen LogP contribution is -2.29. The molecule has 7 nitrogen and oxygen atoms in total. The summed E-state index contributed by atoms with van der Waals surface area (Å²) in [6, 6.07) is 10.8. The van der Waals surface area contributed by atoms with Crippen molar-refractivity contribution >= 4 is 29.1 Å². The second-order valence-electron chi connectivity index (χ2n) is 7.31. The Labute approximate surface area is 189 Å². The molecule has 1 N–H and O–H groups in total. The highest BCUT2D eigenvalue weighted by Gasteiger charge is 2.47. The molecule has 1 aliphatic rings. The number of halogens is 1. The van der Waals surface area contributed by atoms with Crippen molar-refractivity contribution in [1.29, 1.82) is 0 Å². The van der Waals surface area contributed by atoms with E-state index >= 15 is 0 Å². The molecular formula is C24H21ClN2O5. The molecule has 1 atom stereocenters. The monoisotopic (exact) mass is 452 g/mol. The predicted octanol–water partition coefficient (Wildman–Crippen LogP) is 4.66. The second-order valence-corrected chi connectivity index (χ2v) is 7.72. The summed E-state index contributed by atoms with van der Waals surface area (Å²) in [5.41, 5.74) is 0.997. The van der Waals surface area contributed by atoms with Gasteiger partial charge in [0.15, 0.2) is 0 Å². The fourth-order valence-corrected chi connectivity index (χ4v) is 3.87. The number of aliphatic hydroxyl groups is 1. The van der Waals surface area contributed by atoms with E-state index in [1.54, 1.807) is 55.7 Å². The van der Waals surface area contributed by atoms with Gasteiger partial charge in [-0.3, -0.25) is 14.6 Å². The number of carbonyl (C=O) groups excluding carboxylic acids is 2. The SMILES string of the molecule is CCOc1cc(/C(O)=C2/C(=O)C(=O)N(Cc3cccnc3)C2c2ccc(C)o2)ccc1Cl. The molecule has 3 aromatic rings. The number of ketones is 1. The van der Waals surface area contributed by atoms with Crippen LogP contribution in [0.5, 0.6) is 5.75 Å². The van der Waals surface area contributed by atoms with E-state index in [0.29, 0.717) is 34.5 Å². The zero-order valence-electron chi connectivity index (χ0n) is 17.5. The van der Waals surface area contributed by atoms with Crippen LogP contribution in [0.4, 0.5) is 0 Å². The second kappa shape index (κ2) is 8.88. The summed E-state index contributed by atoms with van der Waals surface area (Å²) in [5, 5.41) is 11.5. The Hall–Kier alpha value is -3.58. The number of benzene rings is 1. The highest BCUT2D eigenvalue weighted by Crippen LogP contribution is 2.41. The summed E-state index contributed by atoms with van der Waals surface area (Å²) in [7, 11) is 0. The van der Waals surface area contributed by atoms with Gasteiger partial charge in [0, 0.05) is 24.5 Å². The number of aromatic nitrogens is 1. The lowest BCUT2D eigenvalue weighted by molar-refractivity contribution is -0.140. The van der Waals surface area contributed by atoms with Crippen molar-refractivity contribution in [2.45, 2.75) is 26.4 Å². The smallest absolute Gasteiger partial charge is 0.296 e. The van der Waals surface area contributed by atoms with Crippen molar-refractivity contribution in [3.05, 3.63) is 88.1 Å². The Morgan fingerprint density at radius 1 is 1.25 bits per heavy atom. The van der Waals surface area contributed by atoms with E-state index in [2.05, 4.69) is 4.98 Å². The molecule has 1 fully saturated rings. The highest BCUT2D eigenvalue weighted by atomic mass is 35.5. The summed E-state index contributed by atoms with van der Waals surface area (Å²) in [6.07, 6.45) is 3.25. The number of furan rings is 1. The molecule has 2 aromatic heterocycles. The van der Waals surface area contributed by atoms with Crippen LogP contribution in [0.2, 0.25) is 5.02 Å². The van der Waals surface area contributed by atoms with Gasteiger partial charge in [-0.25, -0.2) is 0 Å². The van der Waals surface area contributed by atoms with Gasteiger partial charge in [0.25, 0.3) is 11.7 Å². The Bertz CT molecular complexity index is 1200. The molecule has 32 heavy (non-hydrogen) atoms. The Kier molecular flexibility index (Phi) is 6.01. The number of amides is 1. The van der Waals surface area contributed by atoms with Gasteiger partial charge in [0.2, 0.25) is 0 Å². The van der Waals surface area contributed by atoms with Gasteiger partial charge in [0.1, 0.15) is 29.1 Å². The molecule has 1 amide bonds. The van der Waals surface area contributed by atoms with Crippen LogP contribution in [-0.4, -0.2) is 33.3 Å².